The highest BCUT2D eigenvalue weighted by molar-refractivity contribution is 5.91. The molecule has 0 saturated carbocycles. The van der Waals surface area contributed by atoms with Crippen molar-refractivity contribution in [1.82, 2.24) is 15.5 Å². The second kappa shape index (κ2) is 12.9. The van der Waals surface area contributed by atoms with E-state index in [0.29, 0.717) is 19.4 Å². The monoisotopic (exact) mass is 493 g/mol. The van der Waals surface area contributed by atoms with Crippen LogP contribution in [0.5, 0.6) is 0 Å². The van der Waals surface area contributed by atoms with Crippen LogP contribution in [-0.4, -0.2) is 54.3 Å². The molecule has 8 heteroatoms. The highest BCUT2D eigenvalue weighted by Gasteiger charge is 2.36. The number of esters is 1. The maximum atomic E-state index is 13.1. The van der Waals surface area contributed by atoms with Crippen LogP contribution in [0.1, 0.15) is 50.3 Å². The molecule has 3 atom stereocenters. The Hall–Kier alpha value is -3.68. The molecule has 1 unspecified atom stereocenters. The quantitative estimate of drug-likeness (QED) is 0.350. The number of carbonyl (C=O) groups excluding carboxylic acids is 4. The standard InChI is InChI=1S/C28H35N3O5/c1-19(2)26(28(35)36-3)30-27(34)22(17-20-11-6-4-7-12-20)29-24(32)15-10-16-31-23(18-25(31)33)21-13-8-5-9-14-21/h4-9,11-14,19,22-23,26H,10,15-18H2,1-3H3,(H,29,32)(H,30,34)/t22-,23?,26-/m0/s1. The molecule has 2 aromatic carbocycles. The van der Waals surface area contributed by atoms with Crippen molar-refractivity contribution in [3.05, 3.63) is 71.8 Å². The molecule has 1 fully saturated rings. The molecule has 0 bridgehead atoms. The molecular weight excluding hydrogens is 458 g/mol. The van der Waals surface area contributed by atoms with Crippen LogP contribution >= 0.6 is 0 Å². The summed E-state index contributed by atoms with van der Waals surface area (Å²) >= 11 is 0. The maximum absolute atomic E-state index is 13.1. The number of carbonyl (C=O) groups is 4. The van der Waals surface area contributed by atoms with Gasteiger partial charge in [0.05, 0.1) is 19.6 Å². The summed E-state index contributed by atoms with van der Waals surface area (Å²) in [6.07, 6.45) is 1.42. The predicted octanol–water partition coefficient (Wildman–Crippen LogP) is 2.78. The Bertz CT molecular complexity index is 1040. The number of β-lactam (4-membered cyclic amide) rings is 1. The number of methoxy groups -OCH3 is 1. The smallest absolute Gasteiger partial charge is 0.328 e. The van der Waals surface area contributed by atoms with Gasteiger partial charge < -0.3 is 20.3 Å². The summed E-state index contributed by atoms with van der Waals surface area (Å²) in [6.45, 7) is 4.10. The van der Waals surface area contributed by atoms with Crippen LogP contribution in [0.25, 0.3) is 0 Å². The van der Waals surface area contributed by atoms with E-state index in [4.69, 9.17) is 4.74 Å². The van der Waals surface area contributed by atoms with Gasteiger partial charge in [-0.25, -0.2) is 4.79 Å². The topological polar surface area (TPSA) is 105 Å². The number of hydrogen-bond acceptors (Lipinski definition) is 5. The van der Waals surface area contributed by atoms with Gasteiger partial charge in [0.25, 0.3) is 0 Å². The van der Waals surface area contributed by atoms with Crippen LogP contribution in [-0.2, 0) is 30.3 Å². The molecule has 2 aromatic rings. The molecule has 36 heavy (non-hydrogen) atoms. The molecule has 2 N–H and O–H groups in total. The van der Waals surface area contributed by atoms with E-state index in [-0.39, 0.29) is 36.6 Å². The molecule has 1 saturated heterocycles. The zero-order valence-electron chi connectivity index (χ0n) is 21.1. The molecule has 8 nitrogen and oxygen atoms in total. The van der Waals surface area contributed by atoms with E-state index in [0.717, 1.165) is 11.1 Å². The number of amides is 3. The van der Waals surface area contributed by atoms with Crippen LogP contribution in [0.15, 0.2) is 60.7 Å². The fraction of sp³-hybridized carbons (Fsp3) is 0.429. The van der Waals surface area contributed by atoms with Crippen LogP contribution < -0.4 is 10.6 Å². The molecule has 0 radical (unpaired) electrons. The van der Waals surface area contributed by atoms with E-state index >= 15 is 0 Å². The Kier molecular flexibility index (Phi) is 9.61. The summed E-state index contributed by atoms with van der Waals surface area (Å²) in [6, 6.07) is 17.6. The van der Waals surface area contributed by atoms with Gasteiger partial charge in [-0.2, -0.15) is 0 Å². The number of nitrogens with one attached hydrogen (secondary N) is 2. The van der Waals surface area contributed by atoms with Gasteiger partial charge in [0.15, 0.2) is 0 Å². The first-order valence-electron chi connectivity index (χ1n) is 12.4. The lowest BCUT2D eigenvalue weighted by Gasteiger charge is -2.41. The second-order valence-electron chi connectivity index (χ2n) is 9.38. The summed E-state index contributed by atoms with van der Waals surface area (Å²) in [5, 5.41) is 5.56. The number of rotatable bonds is 12. The van der Waals surface area contributed by atoms with Crippen molar-refractivity contribution in [3.8, 4) is 0 Å². The van der Waals surface area contributed by atoms with Gasteiger partial charge in [-0.3, -0.25) is 14.4 Å². The van der Waals surface area contributed by atoms with Gasteiger partial charge in [-0.05, 0) is 23.5 Å². The van der Waals surface area contributed by atoms with Crippen molar-refractivity contribution in [2.75, 3.05) is 13.7 Å². The molecule has 1 aliphatic heterocycles. The van der Waals surface area contributed by atoms with Crippen LogP contribution in [0.2, 0.25) is 0 Å². The molecule has 1 heterocycles. The molecule has 1 aliphatic rings. The highest BCUT2D eigenvalue weighted by atomic mass is 16.5. The summed E-state index contributed by atoms with van der Waals surface area (Å²) in [7, 11) is 1.28. The van der Waals surface area contributed by atoms with Crippen LogP contribution in [0.4, 0.5) is 0 Å². The summed E-state index contributed by atoms with van der Waals surface area (Å²) < 4.78 is 4.82. The Labute approximate surface area is 212 Å². The minimum Gasteiger partial charge on any atom is -0.467 e. The van der Waals surface area contributed by atoms with E-state index in [9.17, 15) is 19.2 Å². The Morgan fingerprint density at radius 1 is 1.00 bits per heavy atom. The van der Waals surface area contributed by atoms with Gasteiger partial charge in [0.2, 0.25) is 17.7 Å². The zero-order valence-corrected chi connectivity index (χ0v) is 21.1. The van der Waals surface area contributed by atoms with Crippen molar-refractivity contribution in [3.63, 3.8) is 0 Å². The van der Waals surface area contributed by atoms with Crippen molar-refractivity contribution in [2.24, 2.45) is 5.92 Å². The molecule has 192 valence electrons. The normalized spacial score (nSPS) is 16.6. The first-order chi connectivity index (χ1) is 17.3. The largest absolute Gasteiger partial charge is 0.467 e. The third-order valence-electron chi connectivity index (χ3n) is 6.41. The van der Waals surface area contributed by atoms with E-state index in [1.165, 1.54) is 7.11 Å². The number of benzene rings is 2. The average Bonchev–Trinajstić information content (AvgIpc) is 2.88. The van der Waals surface area contributed by atoms with Gasteiger partial charge >= 0.3 is 5.97 Å². The Morgan fingerprint density at radius 3 is 2.22 bits per heavy atom. The first-order valence-corrected chi connectivity index (χ1v) is 12.4. The predicted molar refractivity (Wildman–Crippen MR) is 136 cm³/mol. The van der Waals surface area contributed by atoms with Gasteiger partial charge in [0, 0.05) is 19.4 Å². The molecule has 0 spiro atoms. The minimum atomic E-state index is -0.853. The summed E-state index contributed by atoms with van der Waals surface area (Å²) in [5.41, 5.74) is 1.97. The van der Waals surface area contributed by atoms with E-state index in [2.05, 4.69) is 10.6 Å². The van der Waals surface area contributed by atoms with Crippen molar-refractivity contribution < 1.29 is 23.9 Å². The summed E-state index contributed by atoms with van der Waals surface area (Å²) in [5.74, 6) is -1.36. The fourth-order valence-electron chi connectivity index (χ4n) is 4.32. The van der Waals surface area contributed by atoms with Gasteiger partial charge in [-0.1, -0.05) is 74.5 Å². The third-order valence-corrected chi connectivity index (χ3v) is 6.41. The lowest BCUT2D eigenvalue weighted by Crippen LogP contribution is -2.54. The molecule has 0 aliphatic carbocycles. The number of hydrogen-bond donors (Lipinski definition) is 2. The molecule has 3 rings (SSSR count). The first kappa shape index (κ1) is 26.9. The lowest BCUT2D eigenvalue weighted by molar-refractivity contribution is -0.147. The molecular formula is C28H35N3O5. The maximum Gasteiger partial charge on any atom is 0.328 e. The Morgan fingerprint density at radius 2 is 1.64 bits per heavy atom. The SMILES string of the molecule is COC(=O)[C@@H](NC(=O)[C@H](Cc1ccccc1)NC(=O)CCCN1C(=O)CC1c1ccccc1)C(C)C. The van der Waals surface area contributed by atoms with Crippen LogP contribution in [0.3, 0.4) is 0 Å². The van der Waals surface area contributed by atoms with E-state index in [1.807, 2.05) is 74.5 Å². The zero-order chi connectivity index (χ0) is 26.1. The number of ether oxygens (including phenoxy) is 1. The Balaban J connectivity index is 1.59. The average molecular weight is 494 g/mol. The number of likely N-dealkylation sites (tertiary alicyclic amines) is 1. The number of nitrogens with zero attached hydrogens (tertiary/aromatic N) is 1. The van der Waals surface area contributed by atoms with E-state index < -0.39 is 24.0 Å². The molecule has 3 amide bonds. The van der Waals surface area contributed by atoms with Gasteiger partial charge in [-0.15, -0.1) is 0 Å². The third kappa shape index (κ3) is 7.16. The summed E-state index contributed by atoms with van der Waals surface area (Å²) in [4.78, 5) is 52.0. The van der Waals surface area contributed by atoms with Crippen LogP contribution in [0, 0.1) is 5.92 Å². The minimum absolute atomic E-state index is 0.0460. The van der Waals surface area contributed by atoms with E-state index in [1.54, 1.807) is 4.90 Å². The highest BCUT2D eigenvalue weighted by Crippen LogP contribution is 2.34. The lowest BCUT2D eigenvalue weighted by atomic mass is 9.93. The second-order valence-corrected chi connectivity index (χ2v) is 9.38. The van der Waals surface area contributed by atoms with Crippen molar-refractivity contribution >= 4 is 23.7 Å². The molecule has 0 aromatic heterocycles. The van der Waals surface area contributed by atoms with Crippen molar-refractivity contribution in [1.29, 1.82) is 0 Å². The van der Waals surface area contributed by atoms with Gasteiger partial charge in [0.1, 0.15) is 12.1 Å². The fourth-order valence-corrected chi connectivity index (χ4v) is 4.32. The van der Waals surface area contributed by atoms with Crippen molar-refractivity contribution in [2.45, 2.75) is 57.7 Å².